The zero-order chi connectivity index (χ0) is 17.6. The Kier molecular flexibility index (Phi) is 4.27. The second-order valence-electron chi connectivity index (χ2n) is 7.57. The van der Waals surface area contributed by atoms with Gasteiger partial charge in [-0.3, -0.25) is 14.8 Å². The van der Waals surface area contributed by atoms with Crippen LogP contribution in [0.1, 0.15) is 54.2 Å². The molecule has 8 heteroatoms. The molecule has 1 saturated carbocycles. The summed E-state index contributed by atoms with van der Waals surface area (Å²) in [6, 6.07) is 1.36. The molecule has 1 aliphatic carbocycles. The topological polar surface area (TPSA) is 72.5 Å². The van der Waals surface area contributed by atoms with Gasteiger partial charge in [0.1, 0.15) is 5.69 Å². The fraction of sp³-hybridized carbons (Fsp3) is 0.765. The Labute approximate surface area is 145 Å². The van der Waals surface area contributed by atoms with E-state index < -0.39 is 12.0 Å². The van der Waals surface area contributed by atoms with Crippen molar-refractivity contribution in [2.45, 2.75) is 56.0 Å². The number of carbonyl (C=O) groups is 1. The molecule has 0 aromatic carbocycles. The standard InChI is InChI=1S/C17H24F2N4O2/c18-17(19)8-13(9-24)23(10-17)12-3-5-22(6-4-12)16(25)15-7-14(20-21-15)11-1-2-11/h7,11-13,24H,1-6,8-10H2,(H,20,21)/t13-/m0/s1. The van der Waals surface area contributed by atoms with E-state index in [4.69, 9.17) is 0 Å². The number of hydrogen-bond donors (Lipinski definition) is 2. The molecular weight excluding hydrogens is 330 g/mol. The van der Waals surface area contributed by atoms with Crippen LogP contribution in [0.5, 0.6) is 0 Å². The lowest BCUT2D eigenvalue weighted by atomic mass is 10.0. The summed E-state index contributed by atoms with van der Waals surface area (Å²) in [5.74, 6) is -2.30. The highest BCUT2D eigenvalue weighted by Crippen LogP contribution is 2.39. The zero-order valence-electron chi connectivity index (χ0n) is 14.1. The summed E-state index contributed by atoms with van der Waals surface area (Å²) >= 11 is 0. The molecule has 0 bridgehead atoms. The Bertz CT molecular complexity index is 638. The Morgan fingerprint density at radius 2 is 2.04 bits per heavy atom. The first-order valence-corrected chi connectivity index (χ1v) is 9.06. The number of carbonyl (C=O) groups excluding carboxylic acids is 1. The summed E-state index contributed by atoms with van der Waals surface area (Å²) in [4.78, 5) is 16.1. The molecule has 1 aromatic rings. The Morgan fingerprint density at radius 1 is 1.32 bits per heavy atom. The molecule has 0 unspecified atom stereocenters. The van der Waals surface area contributed by atoms with Gasteiger partial charge >= 0.3 is 0 Å². The first-order chi connectivity index (χ1) is 12.0. The normalized spacial score (nSPS) is 27.8. The molecule has 0 spiro atoms. The van der Waals surface area contributed by atoms with Gasteiger partial charge in [0.05, 0.1) is 13.2 Å². The van der Waals surface area contributed by atoms with Gasteiger partial charge in [0.2, 0.25) is 0 Å². The number of aromatic nitrogens is 2. The maximum atomic E-state index is 13.7. The highest BCUT2D eigenvalue weighted by Gasteiger charge is 2.47. The van der Waals surface area contributed by atoms with Gasteiger partial charge in [-0.05, 0) is 31.7 Å². The van der Waals surface area contributed by atoms with Crippen LogP contribution in [0.15, 0.2) is 6.07 Å². The first-order valence-electron chi connectivity index (χ1n) is 9.06. The van der Waals surface area contributed by atoms with Crippen molar-refractivity contribution in [3.63, 3.8) is 0 Å². The van der Waals surface area contributed by atoms with Crippen molar-refractivity contribution in [2.24, 2.45) is 0 Å². The minimum Gasteiger partial charge on any atom is -0.395 e. The van der Waals surface area contributed by atoms with E-state index in [1.165, 1.54) is 0 Å². The van der Waals surface area contributed by atoms with Crippen molar-refractivity contribution >= 4 is 5.91 Å². The van der Waals surface area contributed by atoms with Gasteiger partial charge < -0.3 is 10.0 Å². The van der Waals surface area contributed by atoms with Crippen molar-refractivity contribution in [1.29, 1.82) is 0 Å². The van der Waals surface area contributed by atoms with Crippen LogP contribution in [-0.2, 0) is 0 Å². The molecule has 2 aliphatic heterocycles. The average Bonchev–Trinajstić information content (AvgIpc) is 3.25. The van der Waals surface area contributed by atoms with Gasteiger partial charge in [-0.1, -0.05) is 0 Å². The number of piperidine rings is 1. The smallest absolute Gasteiger partial charge is 0.274 e. The average molecular weight is 354 g/mol. The van der Waals surface area contributed by atoms with Crippen LogP contribution in [0.3, 0.4) is 0 Å². The molecule has 1 aromatic heterocycles. The molecular formula is C17H24F2N4O2. The lowest BCUT2D eigenvalue weighted by molar-refractivity contribution is 0.00294. The fourth-order valence-corrected chi connectivity index (χ4v) is 4.13. The molecule has 3 aliphatic rings. The molecule has 1 amide bonds. The second-order valence-corrected chi connectivity index (χ2v) is 7.57. The predicted octanol–water partition coefficient (Wildman–Crippen LogP) is 1.59. The molecule has 25 heavy (non-hydrogen) atoms. The summed E-state index contributed by atoms with van der Waals surface area (Å²) in [7, 11) is 0. The SMILES string of the molecule is O=C(c1cc(C2CC2)[nH]n1)N1CCC(N2CC(F)(F)C[C@H]2CO)CC1. The molecule has 2 saturated heterocycles. The molecule has 4 rings (SSSR count). The number of rotatable bonds is 4. The van der Waals surface area contributed by atoms with E-state index >= 15 is 0 Å². The number of H-pyrrole nitrogens is 1. The first kappa shape index (κ1) is 16.9. The van der Waals surface area contributed by atoms with E-state index in [1.807, 2.05) is 6.07 Å². The van der Waals surface area contributed by atoms with Crippen molar-refractivity contribution in [3.05, 3.63) is 17.5 Å². The Morgan fingerprint density at radius 3 is 2.68 bits per heavy atom. The second kappa shape index (κ2) is 6.32. The summed E-state index contributed by atoms with van der Waals surface area (Å²) in [6.45, 7) is 0.539. The number of hydrogen-bond acceptors (Lipinski definition) is 4. The third kappa shape index (κ3) is 3.42. The number of aliphatic hydroxyl groups excluding tert-OH is 1. The number of likely N-dealkylation sites (tertiary alicyclic amines) is 2. The van der Waals surface area contributed by atoms with Gasteiger partial charge in [0, 0.05) is 43.2 Å². The zero-order valence-corrected chi connectivity index (χ0v) is 14.1. The van der Waals surface area contributed by atoms with Crippen LogP contribution < -0.4 is 0 Å². The Balaban J connectivity index is 1.35. The van der Waals surface area contributed by atoms with Crippen molar-refractivity contribution in [1.82, 2.24) is 20.0 Å². The van der Waals surface area contributed by atoms with Gasteiger partial charge in [0.15, 0.2) is 0 Å². The predicted molar refractivity (Wildman–Crippen MR) is 86.6 cm³/mol. The monoisotopic (exact) mass is 354 g/mol. The third-order valence-electron chi connectivity index (χ3n) is 5.68. The van der Waals surface area contributed by atoms with Gasteiger partial charge in [-0.2, -0.15) is 5.10 Å². The Hall–Kier alpha value is -1.54. The lowest BCUT2D eigenvalue weighted by Crippen LogP contribution is -2.49. The summed E-state index contributed by atoms with van der Waals surface area (Å²) in [5, 5.41) is 16.5. The van der Waals surface area contributed by atoms with Crippen LogP contribution >= 0.6 is 0 Å². The van der Waals surface area contributed by atoms with Crippen molar-refractivity contribution in [2.75, 3.05) is 26.2 Å². The van der Waals surface area contributed by atoms with Crippen LogP contribution in [0.2, 0.25) is 0 Å². The van der Waals surface area contributed by atoms with E-state index in [0.717, 1.165) is 18.5 Å². The molecule has 3 fully saturated rings. The number of aliphatic hydroxyl groups is 1. The fourth-order valence-electron chi connectivity index (χ4n) is 4.13. The molecule has 0 radical (unpaired) electrons. The summed E-state index contributed by atoms with van der Waals surface area (Å²) < 4.78 is 27.3. The van der Waals surface area contributed by atoms with E-state index in [0.29, 0.717) is 37.5 Å². The number of alkyl halides is 2. The van der Waals surface area contributed by atoms with Crippen LogP contribution in [0, 0.1) is 0 Å². The van der Waals surface area contributed by atoms with Gasteiger partial charge in [-0.15, -0.1) is 0 Å². The summed E-state index contributed by atoms with van der Waals surface area (Å²) in [5.41, 5.74) is 1.48. The molecule has 2 N–H and O–H groups in total. The number of nitrogens with one attached hydrogen (secondary N) is 1. The van der Waals surface area contributed by atoms with E-state index in [9.17, 15) is 18.7 Å². The van der Waals surface area contributed by atoms with E-state index in [2.05, 4.69) is 10.2 Å². The van der Waals surface area contributed by atoms with Crippen molar-refractivity contribution in [3.8, 4) is 0 Å². The largest absolute Gasteiger partial charge is 0.395 e. The highest BCUT2D eigenvalue weighted by atomic mass is 19.3. The lowest BCUT2D eigenvalue weighted by Gasteiger charge is -2.38. The highest BCUT2D eigenvalue weighted by molar-refractivity contribution is 5.92. The number of halogens is 2. The quantitative estimate of drug-likeness (QED) is 0.861. The maximum Gasteiger partial charge on any atom is 0.274 e. The number of amides is 1. The van der Waals surface area contributed by atoms with Gasteiger partial charge in [-0.25, -0.2) is 8.78 Å². The van der Waals surface area contributed by atoms with Gasteiger partial charge in [0.25, 0.3) is 11.8 Å². The van der Waals surface area contributed by atoms with E-state index in [1.54, 1.807) is 9.80 Å². The third-order valence-corrected chi connectivity index (χ3v) is 5.68. The molecule has 138 valence electrons. The van der Waals surface area contributed by atoms with E-state index in [-0.39, 0.29) is 31.5 Å². The minimum absolute atomic E-state index is 0.00390. The number of aromatic amines is 1. The molecule has 3 heterocycles. The maximum absolute atomic E-state index is 13.7. The molecule has 1 atom stereocenters. The number of nitrogens with zero attached hydrogens (tertiary/aromatic N) is 3. The van der Waals surface area contributed by atoms with Crippen LogP contribution in [0.25, 0.3) is 0 Å². The van der Waals surface area contributed by atoms with Crippen molar-refractivity contribution < 1.29 is 18.7 Å². The van der Waals surface area contributed by atoms with Crippen LogP contribution in [0.4, 0.5) is 8.78 Å². The molecule has 6 nitrogen and oxygen atoms in total. The van der Waals surface area contributed by atoms with Crippen LogP contribution in [-0.4, -0.2) is 75.3 Å². The minimum atomic E-state index is -2.73. The summed E-state index contributed by atoms with van der Waals surface area (Å²) in [6.07, 6.45) is 3.32.